The molecule has 2 rings (SSSR count). The summed E-state index contributed by atoms with van der Waals surface area (Å²) in [6, 6.07) is 7.40. The third-order valence-electron chi connectivity index (χ3n) is 3.12. The molecule has 1 unspecified atom stereocenters. The molecule has 0 aliphatic rings. The first-order valence-corrected chi connectivity index (χ1v) is 6.96. The van der Waals surface area contributed by atoms with Crippen LogP contribution in [-0.4, -0.2) is 28.5 Å². The van der Waals surface area contributed by atoms with Gasteiger partial charge in [0.25, 0.3) is 0 Å². The number of hydrogen-bond acceptors (Lipinski definition) is 4. The number of hydrogen-bond donors (Lipinski definition) is 2. The molecule has 5 nitrogen and oxygen atoms in total. The number of unbranched alkanes of at least 4 members (excludes halogenated alkanes) is 1. The van der Waals surface area contributed by atoms with Gasteiger partial charge in [0, 0.05) is 11.9 Å². The van der Waals surface area contributed by atoms with E-state index >= 15 is 0 Å². The minimum absolute atomic E-state index is 0.0128. The van der Waals surface area contributed by atoms with E-state index in [0.29, 0.717) is 12.4 Å². The Morgan fingerprint density at radius 2 is 2.10 bits per heavy atom. The molecule has 0 aliphatic carbocycles. The summed E-state index contributed by atoms with van der Waals surface area (Å²) in [5.41, 5.74) is 0.864. The molecule has 0 radical (unpaired) electrons. The van der Waals surface area contributed by atoms with E-state index in [1.807, 2.05) is 31.2 Å². The summed E-state index contributed by atoms with van der Waals surface area (Å²) in [5, 5.41) is 6.97. The highest BCUT2D eigenvalue weighted by Crippen LogP contribution is 2.18. The molecular formula is C15H20N4O. The summed E-state index contributed by atoms with van der Waals surface area (Å²) in [6.45, 7) is 4.64. The first-order chi connectivity index (χ1) is 9.72. The van der Waals surface area contributed by atoms with Gasteiger partial charge in [-0.2, -0.15) is 0 Å². The summed E-state index contributed by atoms with van der Waals surface area (Å²) >= 11 is 0. The summed E-state index contributed by atoms with van der Waals surface area (Å²) < 4.78 is 0. The van der Waals surface area contributed by atoms with E-state index in [1.165, 1.54) is 6.33 Å². The van der Waals surface area contributed by atoms with Crippen LogP contribution in [0.2, 0.25) is 0 Å². The van der Waals surface area contributed by atoms with Crippen LogP contribution < -0.4 is 10.6 Å². The molecule has 1 heterocycles. The average molecular weight is 272 g/mol. The van der Waals surface area contributed by atoms with E-state index in [1.54, 1.807) is 0 Å². The lowest BCUT2D eigenvalue weighted by Gasteiger charge is -2.15. The van der Waals surface area contributed by atoms with Gasteiger partial charge in [-0.15, -0.1) is 0 Å². The molecule has 20 heavy (non-hydrogen) atoms. The molecule has 1 aromatic heterocycles. The van der Waals surface area contributed by atoms with Gasteiger partial charge in [-0.1, -0.05) is 25.5 Å². The van der Waals surface area contributed by atoms with Gasteiger partial charge in [-0.05, 0) is 25.5 Å². The molecule has 5 heteroatoms. The molecule has 0 saturated carbocycles. The first-order valence-electron chi connectivity index (χ1n) is 6.96. The number of para-hydroxylation sites is 1. The van der Waals surface area contributed by atoms with Crippen molar-refractivity contribution in [3.05, 3.63) is 30.6 Å². The molecule has 2 N–H and O–H groups in total. The number of nitrogens with zero attached hydrogens (tertiary/aromatic N) is 2. The van der Waals surface area contributed by atoms with Crippen molar-refractivity contribution >= 4 is 22.6 Å². The fourth-order valence-electron chi connectivity index (χ4n) is 1.93. The zero-order valence-corrected chi connectivity index (χ0v) is 11.9. The fraction of sp³-hybridized carbons (Fsp3) is 0.400. The van der Waals surface area contributed by atoms with Crippen molar-refractivity contribution in [3.8, 4) is 0 Å². The van der Waals surface area contributed by atoms with Crippen LogP contribution in [0.5, 0.6) is 0 Å². The zero-order valence-electron chi connectivity index (χ0n) is 11.9. The Balaban J connectivity index is 2.06. The number of aromatic nitrogens is 2. The summed E-state index contributed by atoms with van der Waals surface area (Å²) in [6.07, 6.45) is 3.57. The summed E-state index contributed by atoms with van der Waals surface area (Å²) in [5.74, 6) is 0.676. The molecule has 0 bridgehead atoms. The molecule has 1 aromatic carbocycles. The Morgan fingerprint density at radius 1 is 1.30 bits per heavy atom. The van der Waals surface area contributed by atoms with Crippen LogP contribution in [0, 0.1) is 0 Å². The Morgan fingerprint density at radius 3 is 2.90 bits per heavy atom. The van der Waals surface area contributed by atoms with Crippen molar-refractivity contribution in [2.75, 3.05) is 11.9 Å². The Kier molecular flexibility index (Phi) is 4.87. The number of nitrogens with one attached hydrogen (secondary N) is 2. The van der Waals surface area contributed by atoms with E-state index in [2.05, 4.69) is 27.5 Å². The predicted molar refractivity (Wildman–Crippen MR) is 80.5 cm³/mol. The summed E-state index contributed by atoms with van der Waals surface area (Å²) in [4.78, 5) is 20.4. The van der Waals surface area contributed by atoms with Gasteiger partial charge in [0.1, 0.15) is 18.2 Å². The Hall–Kier alpha value is -2.17. The SMILES string of the molecule is CCCCNC(=O)C(C)Nc1ncnc2ccccc12. The Bertz CT molecular complexity index is 580. The van der Waals surface area contributed by atoms with Crippen molar-refractivity contribution in [2.45, 2.75) is 32.7 Å². The van der Waals surface area contributed by atoms with Crippen LogP contribution in [0.3, 0.4) is 0 Å². The maximum atomic E-state index is 11.9. The fourth-order valence-corrected chi connectivity index (χ4v) is 1.93. The Labute approximate surface area is 118 Å². The van der Waals surface area contributed by atoms with Gasteiger partial charge >= 0.3 is 0 Å². The average Bonchev–Trinajstić information content (AvgIpc) is 2.47. The lowest BCUT2D eigenvalue weighted by atomic mass is 10.2. The van der Waals surface area contributed by atoms with E-state index in [9.17, 15) is 4.79 Å². The van der Waals surface area contributed by atoms with Crippen LogP contribution >= 0.6 is 0 Å². The van der Waals surface area contributed by atoms with E-state index in [0.717, 1.165) is 23.7 Å². The zero-order chi connectivity index (χ0) is 14.4. The molecule has 0 spiro atoms. The van der Waals surface area contributed by atoms with Crippen LogP contribution in [0.15, 0.2) is 30.6 Å². The van der Waals surface area contributed by atoms with Crippen molar-refractivity contribution in [1.82, 2.24) is 15.3 Å². The van der Waals surface area contributed by atoms with Gasteiger partial charge < -0.3 is 10.6 Å². The molecule has 0 saturated heterocycles. The highest BCUT2D eigenvalue weighted by Gasteiger charge is 2.13. The van der Waals surface area contributed by atoms with Gasteiger partial charge in [-0.3, -0.25) is 4.79 Å². The van der Waals surface area contributed by atoms with Crippen molar-refractivity contribution in [1.29, 1.82) is 0 Å². The van der Waals surface area contributed by atoms with E-state index in [-0.39, 0.29) is 11.9 Å². The van der Waals surface area contributed by atoms with Crippen LogP contribution in [0.25, 0.3) is 10.9 Å². The van der Waals surface area contributed by atoms with Crippen LogP contribution in [-0.2, 0) is 4.79 Å². The second-order valence-corrected chi connectivity index (χ2v) is 4.75. The van der Waals surface area contributed by atoms with Crippen LogP contribution in [0.1, 0.15) is 26.7 Å². The highest BCUT2D eigenvalue weighted by atomic mass is 16.2. The normalized spacial score (nSPS) is 12.1. The number of benzene rings is 1. The molecule has 1 atom stereocenters. The maximum Gasteiger partial charge on any atom is 0.242 e. The lowest BCUT2D eigenvalue weighted by molar-refractivity contribution is -0.121. The van der Waals surface area contributed by atoms with Gasteiger partial charge in [0.15, 0.2) is 0 Å². The topological polar surface area (TPSA) is 66.9 Å². The quantitative estimate of drug-likeness (QED) is 0.792. The number of carbonyl (C=O) groups excluding carboxylic acids is 1. The molecule has 0 fully saturated rings. The van der Waals surface area contributed by atoms with Crippen molar-refractivity contribution in [2.24, 2.45) is 0 Å². The van der Waals surface area contributed by atoms with E-state index in [4.69, 9.17) is 0 Å². The number of anilines is 1. The molecule has 0 aliphatic heterocycles. The number of fused-ring (bicyclic) bond motifs is 1. The maximum absolute atomic E-state index is 11.9. The number of rotatable bonds is 6. The van der Waals surface area contributed by atoms with Gasteiger partial charge in [0.2, 0.25) is 5.91 Å². The van der Waals surface area contributed by atoms with E-state index < -0.39 is 0 Å². The standard InChI is InChI=1S/C15H20N4O/c1-3-4-9-16-15(20)11(2)19-14-12-7-5-6-8-13(12)17-10-18-14/h5-8,10-11H,3-4,9H2,1-2H3,(H,16,20)(H,17,18,19). The predicted octanol–water partition coefficient (Wildman–Crippen LogP) is 2.35. The lowest BCUT2D eigenvalue weighted by Crippen LogP contribution is -2.38. The van der Waals surface area contributed by atoms with Crippen molar-refractivity contribution < 1.29 is 4.79 Å². The molecular weight excluding hydrogens is 252 g/mol. The minimum Gasteiger partial charge on any atom is -0.358 e. The minimum atomic E-state index is -0.329. The molecule has 2 aromatic rings. The highest BCUT2D eigenvalue weighted by molar-refractivity contribution is 5.91. The molecule has 106 valence electrons. The van der Waals surface area contributed by atoms with Gasteiger partial charge in [-0.25, -0.2) is 9.97 Å². The second-order valence-electron chi connectivity index (χ2n) is 4.75. The smallest absolute Gasteiger partial charge is 0.242 e. The van der Waals surface area contributed by atoms with Crippen LogP contribution in [0.4, 0.5) is 5.82 Å². The number of amides is 1. The third kappa shape index (κ3) is 3.44. The summed E-state index contributed by atoms with van der Waals surface area (Å²) in [7, 11) is 0. The van der Waals surface area contributed by atoms with Crippen molar-refractivity contribution in [3.63, 3.8) is 0 Å². The first kappa shape index (κ1) is 14.2. The largest absolute Gasteiger partial charge is 0.358 e. The van der Waals surface area contributed by atoms with Gasteiger partial charge in [0.05, 0.1) is 5.52 Å². The molecule has 1 amide bonds. The third-order valence-corrected chi connectivity index (χ3v) is 3.12. The monoisotopic (exact) mass is 272 g/mol. The number of carbonyl (C=O) groups is 1. The second kappa shape index (κ2) is 6.84.